The molecule has 18 heavy (non-hydrogen) atoms. The van der Waals surface area contributed by atoms with Crippen LogP contribution in [0, 0.1) is 5.41 Å². The summed E-state index contributed by atoms with van der Waals surface area (Å²) in [5, 5.41) is 12.7. The van der Waals surface area contributed by atoms with Crippen molar-refractivity contribution in [2.45, 2.75) is 0 Å². The number of carbonyl (C=O) groups excluding carboxylic acids is 1. The number of anilines is 1. The smallest absolute Gasteiger partial charge is 0.248 e. The maximum absolute atomic E-state index is 10.9. The van der Waals surface area contributed by atoms with Crippen LogP contribution in [0.4, 0.5) is 5.69 Å². The molecule has 1 amide bonds. The lowest BCUT2D eigenvalue weighted by molar-refractivity contribution is 0.100. The first-order valence-electron chi connectivity index (χ1n) is 4.96. The van der Waals surface area contributed by atoms with Crippen molar-refractivity contribution < 1.29 is 4.79 Å². The molecule has 0 spiro atoms. The van der Waals surface area contributed by atoms with Crippen LogP contribution in [0.1, 0.15) is 15.2 Å². The van der Waals surface area contributed by atoms with Gasteiger partial charge in [-0.05, 0) is 35.7 Å². The molecule has 6 heteroatoms. The molecule has 0 unspecified atom stereocenters. The van der Waals surface area contributed by atoms with Gasteiger partial charge in [-0.2, -0.15) is 0 Å². The molecular weight excluding hydrogens is 361 g/mol. The second kappa shape index (κ2) is 6.50. The molecule has 4 nitrogen and oxygen atoms in total. The van der Waals surface area contributed by atoms with Gasteiger partial charge in [0.1, 0.15) is 5.84 Å². The SMILES string of the molecule is I.N=C(Nc1ccc(C(N)=O)cc1)c1cccs1. The average molecular weight is 373 g/mol. The molecule has 1 aromatic heterocycles. The van der Waals surface area contributed by atoms with Crippen LogP contribution in [0.5, 0.6) is 0 Å². The molecule has 0 saturated carbocycles. The summed E-state index contributed by atoms with van der Waals surface area (Å²) in [6, 6.07) is 10.5. The van der Waals surface area contributed by atoms with Crippen molar-refractivity contribution >= 4 is 52.7 Å². The van der Waals surface area contributed by atoms with Crippen molar-refractivity contribution in [3.8, 4) is 0 Å². The summed E-state index contributed by atoms with van der Waals surface area (Å²) in [5.74, 6) is -0.114. The van der Waals surface area contributed by atoms with Crippen molar-refractivity contribution in [1.82, 2.24) is 0 Å². The molecule has 1 heterocycles. The quantitative estimate of drug-likeness (QED) is 0.440. The van der Waals surface area contributed by atoms with E-state index in [1.807, 2.05) is 17.5 Å². The van der Waals surface area contributed by atoms with Gasteiger partial charge in [0.2, 0.25) is 5.91 Å². The fraction of sp³-hybridized carbons (Fsp3) is 0. The van der Waals surface area contributed by atoms with Crippen LogP contribution >= 0.6 is 35.3 Å². The standard InChI is InChI=1S/C12H11N3OS.HI/c13-11(10-2-1-7-17-10)15-9-5-3-8(4-6-9)12(14)16;/h1-7H,(H2,13,15)(H2,14,16);1H. The summed E-state index contributed by atoms with van der Waals surface area (Å²) in [6.07, 6.45) is 0. The lowest BCUT2D eigenvalue weighted by Gasteiger charge is -2.06. The van der Waals surface area contributed by atoms with E-state index in [9.17, 15) is 4.79 Å². The average Bonchev–Trinajstić information content (AvgIpc) is 2.83. The molecule has 2 aromatic rings. The number of nitrogens with one attached hydrogen (secondary N) is 2. The maximum Gasteiger partial charge on any atom is 0.248 e. The van der Waals surface area contributed by atoms with Crippen molar-refractivity contribution in [1.29, 1.82) is 5.41 Å². The molecule has 1 aromatic carbocycles. The number of thiophene rings is 1. The molecule has 2 rings (SSSR count). The van der Waals surface area contributed by atoms with Gasteiger partial charge in [0.15, 0.2) is 0 Å². The summed E-state index contributed by atoms with van der Waals surface area (Å²) in [7, 11) is 0. The Kier molecular flexibility index (Phi) is 5.29. The number of benzene rings is 1. The van der Waals surface area contributed by atoms with Gasteiger partial charge >= 0.3 is 0 Å². The number of hydrogen-bond acceptors (Lipinski definition) is 3. The Balaban J connectivity index is 0.00000162. The molecule has 0 atom stereocenters. The van der Waals surface area contributed by atoms with Crippen LogP contribution in [0.3, 0.4) is 0 Å². The van der Waals surface area contributed by atoms with E-state index >= 15 is 0 Å². The van der Waals surface area contributed by atoms with Gasteiger partial charge < -0.3 is 11.1 Å². The zero-order chi connectivity index (χ0) is 12.3. The number of amidine groups is 1. The Morgan fingerprint density at radius 3 is 2.39 bits per heavy atom. The van der Waals surface area contributed by atoms with E-state index < -0.39 is 5.91 Å². The van der Waals surface area contributed by atoms with Crippen molar-refractivity contribution in [3.63, 3.8) is 0 Å². The normalized spacial score (nSPS) is 9.33. The molecule has 0 saturated heterocycles. The highest BCUT2D eigenvalue weighted by atomic mass is 127. The molecule has 0 bridgehead atoms. The lowest BCUT2D eigenvalue weighted by atomic mass is 10.2. The summed E-state index contributed by atoms with van der Waals surface area (Å²) >= 11 is 1.50. The number of nitrogens with two attached hydrogens (primary N) is 1. The van der Waals surface area contributed by atoms with Crippen LogP contribution < -0.4 is 11.1 Å². The van der Waals surface area contributed by atoms with Crippen LogP contribution in [-0.2, 0) is 0 Å². The fourth-order valence-corrected chi connectivity index (χ4v) is 1.97. The van der Waals surface area contributed by atoms with E-state index in [1.54, 1.807) is 24.3 Å². The third kappa shape index (κ3) is 3.54. The monoisotopic (exact) mass is 373 g/mol. The zero-order valence-corrected chi connectivity index (χ0v) is 12.5. The van der Waals surface area contributed by atoms with Gasteiger partial charge in [-0.3, -0.25) is 10.2 Å². The van der Waals surface area contributed by atoms with Crippen LogP contribution in [0.2, 0.25) is 0 Å². The van der Waals surface area contributed by atoms with Gasteiger partial charge in [0.05, 0.1) is 4.88 Å². The number of rotatable bonds is 3. The second-order valence-corrected chi connectivity index (χ2v) is 4.37. The third-order valence-electron chi connectivity index (χ3n) is 2.21. The Bertz CT molecular complexity index is 537. The van der Waals surface area contributed by atoms with Gasteiger partial charge in [0.25, 0.3) is 0 Å². The molecule has 0 aliphatic rings. The minimum absolute atomic E-state index is 0. The minimum atomic E-state index is -0.454. The van der Waals surface area contributed by atoms with Crippen molar-refractivity contribution in [2.75, 3.05) is 5.32 Å². The van der Waals surface area contributed by atoms with Gasteiger partial charge in [-0.25, -0.2) is 0 Å². The number of carbonyl (C=O) groups is 1. The van der Waals surface area contributed by atoms with E-state index in [1.165, 1.54) is 11.3 Å². The van der Waals surface area contributed by atoms with Gasteiger partial charge in [-0.1, -0.05) is 6.07 Å². The predicted octanol–water partition coefficient (Wildman–Crippen LogP) is 2.90. The van der Waals surface area contributed by atoms with Crippen molar-refractivity contribution in [2.24, 2.45) is 5.73 Å². The second-order valence-electron chi connectivity index (χ2n) is 3.42. The third-order valence-corrected chi connectivity index (χ3v) is 3.09. The van der Waals surface area contributed by atoms with E-state index in [4.69, 9.17) is 11.1 Å². The number of halogens is 1. The van der Waals surface area contributed by atoms with Crippen LogP contribution in [-0.4, -0.2) is 11.7 Å². The summed E-state index contributed by atoms with van der Waals surface area (Å²) in [4.78, 5) is 11.7. The number of primary amides is 1. The fourth-order valence-electron chi connectivity index (χ4n) is 1.34. The van der Waals surface area contributed by atoms with Crippen LogP contribution in [0.15, 0.2) is 41.8 Å². The molecule has 94 valence electrons. The Labute approximate surface area is 126 Å². The summed E-state index contributed by atoms with van der Waals surface area (Å²) in [6.45, 7) is 0. The highest BCUT2D eigenvalue weighted by Gasteiger charge is 2.03. The summed E-state index contributed by atoms with van der Waals surface area (Å²) in [5.41, 5.74) is 6.36. The number of hydrogen-bond donors (Lipinski definition) is 3. The first-order chi connectivity index (χ1) is 8.16. The molecule has 0 aliphatic carbocycles. The molecule has 0 fully saturated rings. The van der Waals surface area contributed by atoms with Crippen molar-refractivity contribution in [3.05, 3.63) is 52.2 Å². The molecule has 0 aliphatic heterocycles. The molecule has 4 N–H and O–H groups in total. The van der Waals surface area contributed by atoms with E-state index in [0.717, 1.165) is 10.6 Å². The first-order valence-corrected chi connectivity index (χ1v) is 5.84. The first kappa shape index (κ1) is 14.7. The Morgan fingerprint density at radius 1 is 1.22 bits per heavy atom. The van der Waals surface area contributed by atoms with E-state index in [-0.39, 0.29) is 24.0 Å². The largest absolute Gasteiger partial charge is 0.366 e. The topological polar surface area (TPSA) is 79.0 Å². The predicted molar refractivity (Wildman–Crippen MR) is 85.1 cm³/mol. The zero-order valence-electron chi connectivity index (χ0n) is 9.34. The number of amides is 1. The Hall–Kier alpha value is -1.41. The highest BCUT2D eigenvalue weighted by Crippen LogP contribution is 2.13. The molecule has 0 radical (unpaired) electrons. The minimum Gasteiger partial charge on any atom is -0.366 e. The summed E-state index contributed by atoms with van der Waals surface area (Å²) < 4.78 is 0. The Morgan fingerprint density at radius 2 is 1.89 bits per heavy atom. The van der Waals surface area contributed by atoms with E-state index in [2.05, 4.69) is 5.32 Å². The van der Waals surface area contributed by atoms with E-state index in [0.29, 0.717) is 11.4 Å². The molecular formula is C12H12IN3OS. The highest BCUT2D eigenvalue weighted by molar-refractivity contribution is 14.0. The van der Waals surface area contributed by atoms with Crippen LogP contribution in [0.25, 0.3) is 0 Å². The maximum atomic E-state index is 10.9. The van der Waals surface area contributed by atoms with Gasteiger partial charge in [0, 0.05) is 11.3 Å². The van der Waals surface area contributed by atoms with Gasteiger partial charge in [-0.15, -0.1) is 35.3 Å². The lowest BCUT2D eigenvalue weighted by Crippen LogP contribution is -2.12.